The Morgan fingerprint density at radius 1 is 1.90 bits per heavy atom. The van der Waals surface area contributed by atoms with Gasteiger partial charge in [-0.25, -0.2) is 0 Å². The van der Waals surface area contributed by atoms with E-state index >= 15 is 0 Å². The van der Waals surface area contributed by atoms with Gasteiger partial charge in [0.15, 0.2) is 0 Å². The van der Waals surface area contributed by atoms with Crippen LogP contribution >= 0.6 is 11.8 Å². The number of hydrogen-bond donors (Lipinski definition) is 0. The summed E-state index contributed by atoms with van der Waals surface area (Å²) in [4.78, 5) is 2.55. The molecule has 0 aromatic heterocycles. The highest BCUT2D eigenvalue weighted by atomic mass is 32.2. The van der Waals surface area contributed by atoms with Gasteiger partial charge in [0.05, 0.1) is 6.07 Å². The van der Waals surface area contributed by atoms with Crippen LogP contribution in [0.3, 0.4) is 0 Å². The molecule has 0 radical (unpaired) electrons. The topological polar surface area (TPSA) is 72.5 Å². The molecule has 0 rings (SSSR count). The van der Waals surface area contributed by atoms with Gasteiger partial charge in [-0.1, -0.05) is 5.11 Å². The summed E-state index contributed by atoms with van der Waals surface area (Å²) in [5.41, 5.74) is 7.97. The van der Waals surface area contributed by atoms with Crippen LogP contribution < -0.4 is 0 Å². The first-order valence-corrected chi connectivity index (χ1v) is 4.17. The third kappa shape index (κ3) is 4.07. The number of nitriles is 1. The molecule has 0 heterocycles. The highest BCUT2D eigenvalue weighted by Crippen LogP contribution is 2.02. The van der Waals surface area contributed by atoms with Gasteiger partial charge in [-0.15, -0.1) is 0 Å². The van der Waals surface area contributed by atoms with Crippen LogP contribution in [0.25, 0.3) is 10.4 Å². The molecule has 0 fully saturated rings. The lowest BCUT2D eigenvalue weighted by atomic mass is 10.3. The van der Waals surface area contributed by atoms with Crippen LogP contribution in [0.2, 0.25) is 0 Å². The molecule has 1 unspecified atom stereocenters. The van der Waals surface area contributed by atoms with Crippen molar-refractivity contribution in [2.45, 2.75) is 12.5 Å². The van der Waals surface area contributed by atoms with Crippen molar-refractivity contribution in [1.29, 1.82) is 5.26 Å². The predicted octanol–water partition coefficient (Wildman–Crippen LogP) is 1.94. The van der Waals surface area contributed by atoms with Crippen LogP contribution in [-0.2, 0) is 0 Å². The fourth-order valence-corrected chi connectivity index (χ4v) is 0.899. The Hall–Kier alpha value is -0.850. The third-order valence-corrected chi connectivity index (χ3v) is 1.58. The average molecular weight is 156 g/mol. The minimum absolute atomic E-state index is 0.488. The second-order valence-electron chi connectivity index (χ2n) is 1.63. The molecule has 0 aromatic carbocycles. The second-order valence-corrected chi connectivity index (χ2v) is 2.62. The predicted molar refractivity (Wildman–Crippen MR) is 41.5 cm³/mol. The van der Waals surface area contributed by atoms with E-state index in [0.29, 0.717) is 6.42 Å². The average Bonchev–Trinajstić information content (AvgIpc) is 1.98. The van der Waals surface area contributed by atoms with E-state index in [0.717, 1.165) is 5.75 Å². The van der Waals surface area contributed by atoms with E-state index in [-0.39, 0.29) is 0 Å². The molecule has 54 valence electrons. The van der Waals surface area contributed by atoms with Gasteiger partial charge >= 0.3 is 0 Å². The summed E-state index contributed by atoms with van der Waals surface area (Å²) in [7, 11) is 0. The molecule has 0 N–H and O–H groups in total. The lowest BCUT2D eigenvalue weighted by Crippen LogP contribution is -1.99. The van der Waals surface area contributed by atoms with E-state index in [2.05, 4.69) is 10.0 Å². The molecule has 0 amide bonds. The molecule has 0 saturated carbocycles. The first-order chi connectivity index (χ1) is 4.85. The van der Waals surface area contributed by atoms with Crippen LogP contribution in [0.15, 0.2) is 5.11 Å². The van der Waals surface area contributed by atoms with Crippen molar-refractivity contribution < 1.29 is 0 Å². The summed E-state index contributed by atoms with van der Waals surface area (Å²) in [6.07, 6.45) is 2.59. The van der Waals surface area contributed by atoms with Crippen molar-refractivity contribution >= 4 is 11.8 Å². The zero-order chi connectivity index (χ0) is 7.82. The quantitative estimate of drug-likeness (QED) is 0.354. The monoisotopic (exact) mass is 156 g/mol. The van der Waals surface area contributed by atoms with Crippen LogP contribution in [0.5, 0.6) is 0 Å². The number of thioether (sulfide) groups is 1. The van der Waals surface area contributed by atoms with E-state index in [4.69, 9.17) is 10.8 Å². The van der Waals surface area contributed by atoms with Gasteiger partial charge in [-0.3, -0.25) is 0 Å². The zero-order valence-electron chi connectivity index (χ0n) is 5.69. The molecule has 4 nitrogen and oxygen atoms in total. The Balaban J connectivity index is 3.63. The van der Waals surface area contributed by atoms with Gasteiger partial charge in [0.1, 0.15) is 6.04 Å². The fourth-order valence-electron chi connectivity index (χ4n) is 0.440. The minimum Gasteiger partial charge on any atom is -0.198 e. The summed E-state index contributed by atoms with van der Waals surface area (Å²) >= 11 is 1.64. The largest absolute Gasteiger partial charge is 0.198 e. The number of azide groups is 1. The van der Waals surface area contributed by atoms with E-state index in [1.54, 1.807) is 11.8 Å². The molecule has 1 atom stereocenters. The summed E-state index contributed by atoms with van der Waals surface area (Å²) in [5, 5.41) is 11.6. The van der Waals surface area contributed by atoms with E-state index < -0.39 is 6.04 Å². The maximum Gasteiger partial charge on any atom is 0.125 e. The fraction of sp³-hybridized carbons (Fsp3) is 0.800. The van der Waals surface area contributed by atoms with Crippen molar-refractivity contribution in [2.75, 3.05) is 12.0 Å². The Kier molecular flexibility index (Phi) is 5.74. The van der Waals surface area contributed by atoms with Crippen molar-refractivity contribution in [3.05, 3.63) is 10.4 Å². The third-order valence-electron chi connectivity index (χ3n) is 0.935. The Bertz CT molecular complexity index is 167. The lowest BCUT2D eigenvalue weighted by molar-refractivity contribution is 0.796. The molecule has 0 aliphatic rings. The molecule has 0 spiro atoms. The SMILES string of the molecule is CSCCC(C#N)N=[N+]=[N-]. The summed E-state index contributed by atoms with van der Waals surface area (Å²) < 4.78 is 0. The molecule has 0 aliphatic carbocycles. The molecule has 10 heavy (non-hydrogen) atoms. The molecular formula is C5H8N4S. The number of rotatable bonds is 4. The van der Waals surface area contributed by atoms with Crippen LogP contribution in [0, 0.1) is 11.3 Å². The Morgan fingerprint density at radius 2 is 2.60 bits per heavy atom. The second kappa shape index (κ2) is 6.27. The van der Waals surface area contributed by atoms with E-state index in [9.17, 15) is 0 Å². The highest BCUT2D eigenvalue weighted by molar-refractivity contribution is 7.98. The van der Waals surface area contributed by atoms with Gasteiger partial charge in [0.2, 0.25) is 0 Å². The zero-order valence-corrected chi connectivity index (χ0v) is 6.51. The van der Waals surface area contributed by atoms with E-state index in [1.807, 2.05) is 12.3 Å². The van der Waals surface area contributed by atoms with Gasteiger partial charge in [-0.05, 0) is 24.0 Å². The van der Waals surface area contributed by atoms with Gasteiger partial charge < -0.3 is 0 Å². The van der Waals surface area contributed by atoms with Crippen LogP contribution in [0.4, 0.5) is 0 Å². The Morgan fingerprint density at radius 3 is 3.00 bits per heavy atom. The standard InChI is InChI=1S/C5H8N4S/c1-10-3-2-5(4-6)8-9-7/h5H,2-3H2,1H3. The van der Waals surface area contributed by atoms with Crippen molar-refractivity contribution in [3.63, 3.8) is 0 Å². The first-order valence-electron chi connectivity index (χ1n) is 2.78. The van der Waals surface area contributed by atoms with Gasteiger partial charge in [-0.2, -0.15) is 17.0 Å². The van der Waals surface area contributed by atoms with E-state index in [1.165, 1.54) is 0 Å². The molecule has 0 saturated heterocycles. The molecular weight excluding hydrogens is 148 g/mol. The van der Waals surface area contributed by atoms with Crippen LogP contribution in [0.1, 0.15) is 6.42 Å². The molecule has 5 heteroatoms. The number of nitrogens with zero attached hydrogens (tertiary/aromatic N) is 4. The molecule has 0 aromatic rings. The molecule has 0 aliphatic heterocycles. The van der Waals surface area contributed by atoms with Gasteiger partial charge in [0, 0.05) is 4.91 Å². The molecule has 0 bridgehead atoms. The number of hydrogen-bond acceptors (Lipinski definition) is 3. The smallest absolute Gasteiger partial charge is 0.125 e. The van der Waals surface area contributed by atoms with Crippen molar-refractivity contribution in [1.82, 2.24) is 0 Å². The maximum absolute atomic E-state index is 8.36. The summed E-state index contributed by atoms with van der Waals surface area (Å²) in [6.45, 7) is 0. The summed E-state index contributed by atoms with van der Waals surface area (Å²) in [5.74, 6) is 0.858. The summed E-state index contributed by atoms with van der Waals surface area (Å²) in [6, 6.07) is 1.42. The van der Waals surface area contributed by atoms with Crippen molar-refractivity contribution in [3.8, 4) is 6.07 Å². The highest BCUT2D eigenvalue weighted by Gasteiger charge is 2.01. The Labute approximate surface area is 63.8 Å². The first kappa shape index (κ1) is 9.15. The van der Waals surface area contributed by atoms with Crippen molar-refractivity contribution in [2.24, 2.45) is 5.11 Å². The minimum atomic E-state index is -0.488. The maximum atomic E-state index is 8.36. The van der Waals surface area contributed by atoms with Crippen LogP contribution in [-0.4, -0.2) is 18.1 Å². The lowest BCUT2D eigenvalue weighted by Gasteiger charge is -1.96. The normalized spacial score (nSPS) is 11.2. The van der Waals surface area contributed by atoms with Gasteiger partial charge in [0.25, 0.3) is 0 Å².